The zero-order valence-electron chi connectivity index (χ0n) is 14.1. The van der Waals surface area contributed by atoms with Crippen LogP contribution < -0.4 is 10.9 Å². The van der Waals surface area contributed by atoms with Crippen LogP contribution in [-0.4, -0.2) is 39.1 Å². The molecule has 2 N–H and O–H groups in total. The molecular formula is C18H19N5O3. The maximum Gasteiger partial charge on any atom is 0.275 e. The SMILES string of the molecule is O=C(CC1(n2cccc2)CCOCC1)Nc1ccc2nn[nH]c(=O)c2c1. The van der Waals surface area contributed by atoms with E-state index in [1.165, 1.54) is 0 Å². The molecule has 0 bridgehead atoms. The highest BCUT2D eigenvalue weighted by Gasteiger charge is 2.36. The van der Waals surface area contributed by atoms with Crippen molar-refractivity contribution in [3.8, 4) is 0 Å². The Balaban J connectivity index is 1.56. The smallest absolute Gasteiger partial charge is 0.275 e. The quantitative estimate of drug-likeness (QED) is 0.743. The number of nitrogens with zero attached hydrogens (tertiary/aromatic N) is 3. The molecule has 1 aromatic carbocycles. The number of amides is 1. The van der Waals surface area contributed by atoms with Crippen molar-refractivity contribution in [1.82, 2.24) is 20.0 Å². The molecule has 1 aliphatic rings. The predicted octanol–water partition coefficient (Wildman–Crippen LogP) is 1.65. The normalized spacial score (nSPS) is 16.5. The Bertz CT molecular complexity index is 974. The Morgan fingerprint density at radius 2 is 2.04 bits per heavy atom. The number of anilines is 1. The molecule has 1 saturated heterocycles. The van der Waals surface area contributed by atoms with Crippen LogP contribution in [0.5, 0.6) is 0 Å². The van der Waals surface area contributed by atoms with Crippen molar-refractivity contribution in [3.63, 3.8) is 0 Å². The van der Waals surface area contributed by atoms with E-state index < -0.39 is 0 Å². The highest BCUT2D eigenvalue weighted by molar-refractivity contribution is 5.93. The largest absolute Gasteiger partial charge is 0.381 e. The Morgan fingerprint density at radius 1 is 1.27 bits per heavy atom. The van der Waals surface area contributed by atoms with Gasteiger partial charge in [-0.2, -0.15) is 0 Å². The van der Waals surface area contributed by atoms with Gasteiger partial charge in [0.05, 0.1) is 17.3 Å². The van der Waals surface area contributed by atoms with Gasteiger partial charge in [0.1, 0.15) is 5.52 Å². The Morgan fingerprint density at radius 3 is 2.81 bits per heavy atom. The fourth-order valence-corrected chi connectivity index (χ4v) is 3.50. The lowest BCUT2D eigenvalue weighted by molar-refractivity contribution is -0.119. The first-order valence-electron chi connectivity index (χ1n) is 8.53. The Labute approximate surface area is 149 Å². The fourth-order valence-electron chi connectivity index (χ4n) is 3.50. The lowest BCUT2D eigenvalue weighted by Crippen LogP contribution is -2.42. The summed E-state index contributed by atoms with van der Waals surface area (Å²) in [6.45, 7) is 1.27. The van der Waals surface area contributed by atoms with Gasteiger partial charge in [0.2, 0.25) is 5.91 Å². The molecule has 1 amide bonds. The number of benzene rings is 1. The average Bonchev–Trinajstić information content (AvgIpc) is 3.19. The van der Waals surface area contributed by atoms with Crippen molar-refractivity contribution < 1.29 is 9.53 Å². The van der Waals surface area contributed by atoms with E-state index in [1.54, 1.807) is 18.2 Å². The molecule has 0 spiro atoms. The summed E-state index contributed by atoms with van der Waals surface area (Å²) in [4.78, 5) is 24.6. The molecule has 8 heteroatoms. The summed E-state index contributed by atoms with van der Waals surface area (Å²) in [5, 5.41) is 13.0. The molecule has 26 heavy (non-hydrogen) atoms. The first kappa shape index (κ1) is 16.5. The first-order valence-corrected chi connectivity index (χ1v) is 8.53. The van der Waals surface area contributed by atoms with E-state index in [0.717, 1.165) is 12.8 Å². The summed E-state index contributed by atoms with van der Waals surface area (Å²) < 4.78 is 7.59. The van der Waals surface area contributed by atoms with Crippen molar-refractivity contribution >= 4 is 22.5 Å². The highest BCUT2D eigenvalue weighted by Crippen LogP contribution is 2.33. The number of aromatic amines is 1. The molecule has 8 nitrogen and oxygen atoms in total. The van der Waals surface area contributed by atoms with Crippen LogP contribution in [0.25, 0.3) is 10.9 Å². The van der Waals surface area contributed by atoms with Gasteiger partial charge in [-0.15, -0.1) is 5.10 Å². The van der Waals surface area contributed by atoms with E-state index in [2.05, 4.69) is 25.3 Å². The summed E-state index contributed by atoms with van der Waals surface area (Å²) in [6, 6.07) is 8.94. The second-order valence-corrected chi connectivity index (χ2v) is 6.52. The van der Waals surface area contributed by atoms with Crippen LogP contribution in [0.3, 0.4) is 0 Å². The van der Waals surface area contributed by atoms with Crippen molar-refractivity contribution in [1.29, 1.82) is 0 Å². The molecule has 1 aliphatic heterocycles. The molecule has 2 aromatic heterocycles. The number of hydrogen-bond donors (Lipinski definition) is 2. The number of aromatic nitrogens is 4. The van der Waals surface area contributed by atoms with Crippen LogP contribution in [0.2, 0.25) is 0 Å². The van der Waals surface area contributed by atoms with Gasteiger partial charge in [-0.25, -0.2) is 5.10 Å². The van der Waals surface area contributed by atoms with Gasteiger partial charge in [-0.3, -0.25) is 9.59 Å². The number of carbonyl (C=O) groups is 1. The number of ether oxygens (including phenoxy) is 1. The van der Waals surface area contributed by atoms with E-state index in [-0.39, 0.29) is 17.0 Å². The zero-order valence-corrected chi connectivity index (χ0v) is 14.1. The van der Waals surface area contributed by atoms with E-state index in [9.17, 15) is 9.59 Å². The fraction of sp³-hybridized carbons (Fsp3) is 0.333. The molecule has 3 aromatic rings. The van der Waals surface area contributed by atoms with Gasteiger partial charge in [-0.1, -0.05) is 5.21 Å². The molecule has 1 fully saturated rings. The molecule has 0 aliphatic carbocycles. The number of hydrogen-bond acceptors (Lipinski definition) is 5. The Kier molecular flexibility index (Phi) is 4.26. The second kappa shape index (κ2) is 6.72. The van der Waals surface area contributed by atoms with Crippen LogP contribution in [0, 0.1) is 0 Å². The average molecular weight is 353 g/mol. The van der Waals surface area contributed by atoms with Gasteiger partial charge in [-0.05, 0) is 43.2 Å². The van der Waals surface area contributed by atoms with Crippen LogP contribution in [-0.2, 0) is 15.1 Å². The third kappa shape index (κ3) is 3.11. The molecule has 134 valence electrons. The predicted molar refractivity (Wildman–Crippen MR) is 95.9 cm³/mol. The molecular weight excluding hydrogens is 334 g/mol. The molecule has 4 rings (SSSR count). The maximum atomic E-state index is 12.7. The second-order valence-electron chi connectivity index (χ2n) is 6.52. The minimum atomic E-state index is -0.334. The number of H-pyrrole nitrogens is 1. The highest BCUT2D eigenvalue weighted by atomic mass is 16.5. The van der Waals surface area contributed by atoms with Crippen LogP contribution in [0.1, 0.15) is 19.3 Å². The lowest BCUT2D eigenvalue weighted by Gasteiger charge is -2.38. The number of nitrogens with one attached hydrogen (secondary N) is 2. The third-order valence-corrected chi connectivity index (χ3v) is 4.90. The monoisotopic (exact) mass is 353 g/mol. The van der Waals surface area contributed by atoms with Crippen LogP contribution in [0.4, 0.5) is 5.69 Å². The van der Waals surface area contributed by atoms with Gasteiger partial charge >= 0.3 is 0 Å². The molecule has 0 saturated carbocycles. The van der Waals surface area contributed by atoms with Crippen LogP contribution in [0.15, 0.2) is 47.5 Å². The van der Waals surface area contributed by atoms with Crippen LogP contribution >= 0.6 is 0 Å². The maximum absolute atomic E-state index is 12.7. The van der Waals surface area contributed by atoms with Gasteiger partial charge in [0, 0.05) is 31.3 Å². The number of fused-ring (bicyclic) bond motifs is 1. The number of carbonyl (C=O) groups excluding carboxylic acids is 1. The molecule has 0 atom stereocenters. The third-order valence-electron chi connectivity index (χ3n) is 4.90. The van der Waals surface area contributed by atoms with E-state index in [0.29, 0.717) is 36.2 Å². The van der Waals surface area contributed by atoms with E-state index >= 15 is 0 Å². The number of rotatable bonds is 4. The Hall–Kier alpha value is -3.00. The van der Waals surface area contributed by atoms with Crippen molar-refractivity contribution in [2.45, 2.75) is 24.8 Å². The summed E-state index contributed by atoms with van der Waals surface area (Å²) in [5.74, 6) is -0.0987. The van der Waals surface area contributed by atoms with Gasteiger partial charge < -0.3 is 14.6 Å². The van der Waals surface area contributed by atoms with Crippen molar-refractivity contribution in [2.24, 2.45) is 0 Å². The standard InChI is InChI=1S/C18H19N5O3/c24-16(12-18(5-9-26-10-6-18)23-7-1-2-8-23)19-13-3-4-15-14(11-13)17(25)21-22-20-15/h1-4,7-8,11H,5-6,9-10,12H2,(H,19,24)(H,20,21,25). The molecule has 3 heterocycles. The van der Waals surface area contributed by atoms with E-state index in [1.807, 2.05) is 24.5 Å². The summed E-state index contributed by atoms with van der Waals surface area (Å²) in [5.41, 5.74) is 0.432. The summed E-state index contributed by atoms with van der Waals surface area (Å²) in [7, 11) is 0. The van der Waals surface area contributed by atoms with Gasteiger partial charge in [0.15, 0.2) is 0 Å². The molecule has 0 radical (unpaired) electrons. The summed E-state index contributed by atoms with van der Waals surface area (Å²) in [6.07, 6.45) is 5.89. The van der Waals surface area contributed by atoms with E-state index in [4.69, 9.17) is 4.74 Å². The zero-order chi connectivity index (χ0) is 18.0. The van der Waals surface area contributed by atoms with Gasteiger partial charge in [0.25, 0.3) is 5.56 Å². The minimum absolute atomic E-state index is 0.0987. The first-order chi connectivity index (χ1) is 12.7. The molecule has 0 unspecified atom stereocenters. The topological polar surface area (TPSA) is 102 Å². The summed E-state index contributed by atoms with van der Waals surface area (Å²) >= 11 is 0. The van der Waals surface area contributed by atoms with Crippen molar-refractivity contribution in [3.05, 3.63) is 53.1 Å². The van der Waals surface area contributed by atoms with Crippen molar-refractivity contribution in [2.75, 3.05) is 18.5 Å². The lowest BCUT2D eigenvalue weighted by atomic mass is 9.86. The minimum Gasteiger partial charge on any atom is -0.381 e.